The molecule has 102 valence electrons. The van der Waals surface area contributed by atoms with Gasteiger partial charge in [-0.25, -0.2) is 4.79 Å². The zero-order chi connectivity index (χ0) is 13.8. The number of ether oxygens (including phenoxy) is 1. The molecule has 0 atom stereocenters. The summed E-state index contributed by atoms with van der Waals surface area (Å²) < 4.78 is 5.06. The third-order valence-electron chi connectivity index (χ3n) is 2.87. The summed E-state index contributed by atoms with van der Waals surface area (Å²) in [6.07, 6.45) is 1.85. The second kappa shape index (κ2) is 5.73. The molecular formula is C13H17N3O3. The second-order valence-electron chi connectivity index (χ2n) is 4.52. The van der Waals surface area contributed by atoms with Crippen LogP contribution < -0.4 is 10.6 Å². The zero-order valence-electron chi connectivity index (χ0n) is 11.0. The lowest BCUT2D eigenvalue weighted by Crippen LogP contribution is -2.16. The maximum Gasteiger partial charge on any atom is 0.533 e. The largest absolute Gasteiger partial charge is 0.533 e. The summed E-state index contributed by atoms with van der Waals surface area (Å²) in [6, 6.07) is 5.44. The highest BCUT2D eigenvalue weighted by molar-refractivity contribution is 5.90. The third-order valence-corrected chi connectivity index (χ3v) is 2.87. The van der Waals surface area contributed by atoms with E-state index in [1.165, 1.54) is 0 Å². The average Bonchev–Trinajstić information content (AvgIpc) is 2.80. The molecule has 0 spiro atoms. The van der Waals surface area contributed by atoms with Crippen molar-refractivity contribution in [3.63, 3.8) is 0 Å². The van der Waals surface area contributed by atoms with Crippen molar-refractivity contribution in [2.75, 3.05) is 20.6 Å². The van der Waals surface area contributed by atoms with Gasteiger partial charge < -0.3 is 19.5 Å². The van der Waals surface area contributed by atoms with Crippen molar-refractivity contribution in [1.82, 2.24) is 9.88 Å². The lowest BCUT2D eigenvalue weighted by atomic mass is 10.1. The number of benzene rings is 1. The van der Waals surface area contributed by atoms with Crippen molar-refractivity contribution in [3.05, 3.63) is 30.0 Å². The topological polar surface area (TPSA) is 80.6 Å². The van der Waals surface area contributed by atoms with Gasteiger partial charge in [0.2, 0.25) is 0 Å². The highest BCUT2D eigenvalue weighted by atomic mass is 16.8. The van der Waals surface area contributed by atoms with E-state index in [1.54, 1.807) is 12.1 Å². The van der Waals surface area contributed by atoms with Gasteiger partial charge in [0, 0.05) is 23.6 Å². The molecule has 1 aromatic heterocycles. The average molecular weight is 263 g/mol. The number of rotatable bonds is 4. The van der Waals surface area contributed by atoms with Gasteiger partial charge in [-0.2, -0.15) is 5.90 Å². The summed E-state index contributed by atoms with van der Waals surface area (Å²) in [4.78, 5) is 20.4. The van der Waals surface area contributed by atoms with Crippen LogP contribution in [0.3, 0.4) is 0 Å². The molecular weight excluding hydrogens is 246 g/mol. The Morgan fingerprint density at radius 3 is 2.89 bits per heavy atom. The van der Waals surface area contributed by atoms with E-state index in [0.29, 0.717) is 5.75 Å². The lowest BCUT2D eigenvalue weighted by molar-refractivity contribution is 0.100. The van der Waals surface area contributed by atoms with Crippen LogP contribution in [0.5, 0.6) is 5.75 Å². The number of likely N-dealkylation sites (N-methyl/N-ethyl adjacent to an activating group) is 1. The molecule has 2 aromatic rings. The van der Waals surface area contributed by atoms with Crippen LogP contribution in [0, 0.1) is 0 Å². The van der Waals surface area contributed by atoms with Crippen LogP contribution in [0.1, 0.15) is 5.56 Å². The van der Waals surface area contributed by atoms with Gasteiger partial charge in [0.25, 0.3) is 0 Å². The van der Waals surface area contributed by atoms with Crippen LogP contribution in [0.2, 0.25) is 0 Å². The van der Waals surface area contributed by atoms with E-state index >= 15 is 0 Å². The Kier molecular flexibility index (Phi) is 4.03. The normalized spacial score (nSPS) is 10.9. The van der Waals surface area contributed by atoms with Crippen molar-refractivity contribution >= 4 is 17.1 Å². The van der Waals surface area contributed by atoms with Gasteiger partial charge >= 0.3 is 6.16 Å². The van der Waals surface area contributed by atoms with Crippen LogP contribution in [0.15, 0.2) is 24.4 Å². The Morgan fingerprint density at radius 1 is 1.42 bits per heavy atom. The van der Waals surface area contributed by atoms with Gasteiger partial charge in [0.1, 0.15) is 5.75 Å². The number of aromatic amines is 1. The van der Waals surface area contributed by atoms with Crippen LogP contribution >= 0.6 is 0 Å². The monoisotopic (exact) mass is 263 g/mol. The fourth-order valence-electron chi connectivity index (χ4n) is 1.96. The number of aromatic nitrogens is 1. The summed E-state index contributed by atoms with van der Waals surface area (Å²) in [7, 11) is 4.02. The molecule has 0 aliphatic rings. The molecule has 0 bridgehead atoms. The standard InChI is InChI=1S/C13H17N3O3/c1-16(2)7-6-9-8-15-10-4-3-5-11(12(9)10)18-13(17)19-14/h3-5,8,15H,6-7,14H2,1-2H3. The summed E-state index contributed by atoms with van der Waals surface area (Å²) >= 11 is 0. The van der Waals surface area contributed by atoms with Crippen molar-refractivity contribution in [2.24, 2.45) is 5.90 Å². The van der Waals surface area contributed by atoms with Gasteiger partial charge in [0.05, 0.1) is 0 Å². The molecule has 1 aromatic carbocycles. The zero-order valence-corrected chi connectivity index (χ0v) is 11.0. The Balaban J connectivity index is 2.34. The van der Waals surface area contributed by atoms with Crippen molar-refractivity contribution in [3.8, 4) is 5.75 Å². The molecule has 6 nitrogen and oxygen atoms in total. The minimum Gasteiger partial charge on any atom is -0.393 e. The summed E-state index contributed by atoms with van der Waals surface area (Å²) in [6.45, 7) is 0.905. The molecule has 0 radical (unpaired) electrons. The van der Waals surface area contributed by atoms with Crippen LogP contribution in [-0.2, 0) is 11.3 Å². The van der Waals surface area contributed by atoms with E-state index < -0.39 is 6.16 Å². The maximum absolute atomic E-state index is 11.1. The molecule has 6 heteroatoms. The van der Waals surface area contributed by atoms with E-state index in [-0.39, 0.29) is 0 Å². The molecule has 3 N–H and O–H groups in total. The third kappa shape index (κ3) is 3.04. The van der Waals surface area contributed by atoms with Crippen LogP contribution in [0.4, 0.5) is 4.79 Å². The number of hydrogen-bond acceptors (Lipinski definition) is 5. The van der Waals surface area contributed by atoms with Gasteiger partial charge in [-0.15, -0.1) is 0 Å². The van der Waals surface area contributed by atoms with E-state index in [0.717, 1.165) is 29.4 Å². The Labute approximate surface area is 111 Å². The number of carbonyl (C=O) groups is 1. The smallest absolute Gasteiger partial charge is 0.393 e. The highest BCUT2D eigenvalue weighted by Gasteiger charge is 2.13. The summed E-state index contributed by atoms with van der Waals surface area (Å²) in [5.74, 6) is 5.23. The van der Waals surface area contributed by atoms with Crippen LogP contribution in [0.25, 0.3) is 10.9 Å². The predicted molar refractivity (Wildman–Crippen MR) is 71.9 cm³/mol. The minimum atomic E-state index is -0.924. The SMILES string of the molecule is CN(C)CCc1c[nH]c2cccc(OC(=O)ON)c12. The molecule has 0 saturated heterocycles. The second-order valence-corrected chi connectivity index (χ2v) is 4.52. The van der Waals surface area contributed by atoms with Crippen LogP contribution in [-0.4, -0.2) is 36.7 Å². The number of carbonyl (C=O) groups excluding carboxylic acids is 1. The predicted octanol–water partition coefficient (Wildman–Crippen LogP) is 1.66. The lowest BCUT2D eigenvalue weighted by Gasteiger charge is -2.09. The number of H-pyrrole nitrogens is 1. The van der Waals surface area contributed by atoms with E-state index in [1.807, 2.05) is 26.4 Å². The molecule has 2 rings (SSSR count). The number of hydrogen-bond donors (Lipinski definition) is 2. The maximum atomic E-state index is 11.1. The first kappa shape index (κ1) is 13.4. The van der Waals surface area contributed by atoms with Gasteiger partial charge in [-0.3, -0.25) is 0 Å². The molecule has 0 aliphatic heterocycles. The molecule has 0 amide bonds. The van der Waals surface area contributed by atoms with Gasteiger partial charge in [0.15, 0.2) is 0 Å². The first-order chi connectivity index (χ1) is 9.11. The van der Waals surface area contributed by atoms with E-state index in [4.69, 9.17) is 10.6 Å². The Morgan fingerprint density at radius 2 is 2.21 bits per heavy atom. The molecule has 1 heterocycles. The molecule has 0 saturated carbocycles. The van der Waals surface area contributed by atoms with Crippen molar-refractivity contribution < 1.29 is 14.4 Å². The van der Waals surface area contributed by atoms with Gasteiger partial charge in [-0.1, -0.05) is 6.07 Å². The molecule has 19 heavy (non-hydrogen) atoms. The molecule has 0 fully saturated rings. The van der Waals surface area contributed by atoms with Gasteiger partial charge in [-0.05, 0) is 38.2 Å². The Bertz CT molecular complexity index is 578. The first-order valence-electron chi connectivity index (χ1n) is 5.94. The summed E-state index contributed by atoms with van der Waals surface area (Å²) in [5.41, 5.74) is 2.00. The van der Waals surface area contributed by atoms with Crippen molar-refractivity contribution in [1.29, 1.82) is 0 Å². The Hall–Kier alpha value is -2.05. The van der Waals surface area contributed by atoms with E-state index in [2.05, 4.69) is 14.7 Å². The number of nitrogens with one attached hydrogen (secondary N) is 1. The minimum absolute atomic E-state index is 0.447. The van der Waals surface area contributed by atoms with E-state index in [9.17, 15) is 4.79 Å². The number of nitrogens with two attached hydrogens (primary N) is 1. The summed E-state index contributed by atoms with van der Waals surface area (Å²) in [5, 5.41) is 0.884. The molecule has 0 unspecified atom stereocenters. The quantitative estimate of drug-likeness (QED) is 0.498. The highest BCUT2D eigenvalue weighted by Crippen LogP contribution is 2.29. The first-order valence-corrected chi connectivity index (χ1v) is 5.94. The number of nitrogens with zero attached hydrogens (tertiary/aromatic N) is 1. The fourth-order valence-corrected chi connectivity index (χ4v) is 1.96. The number of fused-ring (bicyclic) bond motifs is 1. The van der Waals surface area contributed by atoms with Crippen molar-refractivity contribution in [2.45, 2.75) is 6.42 Å². The molecule has 0 aliphatic carbocycles. The fraction of sp³-hybridized carbons (Fsp3) is 0.308.